The van der Waals surface area contributed by atoms with Gasteiger partial charge in [0.05, 0.1) is 4.88 Å². The van der Waals surface area contributed by atoms with Crippen LogP contribution in [-0.4, -0.2) is 28.6 Å². The third kappa shape index (κ3) is 3.92. The molecule has 4 rings (SSSR count). The lowest BCUT2D eigenvalue weighted by Gasteiger charge is -2.07. The Kier molecular flexibility index (Phi) is 4.54. The summed E-state index contributed by atoms with van der Waals surface area (Å²) in [5, 5.41) is 15.8. The number of rotatable bonds is 6. The summed E-state index contributed by atoms with van der Waals surface area (Å²) in [5.74, 6) is 2.27. The summed E-state index contributed by atoms with van der Waals surface area (Å²) in [7, 11) is -3.74. The maximum Gasteiger partial charge on any atom is 0.247 e. The normalized spacial score (nSPS) is 14.7. The lowest BCUT2D eigenvalue weighted by atomic mass is 10.2. The molecule has 1 fully saturated rings. The first-order valence-corrected chi connectivity index (χ1v) is 10.8. The Morgan fingerprint density at radius 3 is 2.85 bits per heavy atom. The third-order valence-electron chi connectivity index (χ3n) is 4.11. The predicted octanol–water partition coefficient (Wildman–Crippen LogP) is 3.23. The van der Waals surface area contributed by atoms with Crippen molar-refractivity contribution in [3.8, 4) is 10.7 Å². The third-order valence-corrected chi connectivity index (χ3v) is 6.63. The summed E-state index contributed by atoms with van der Waals surface area (Å²) in [6, 6.07) is 5.10. The van der Waals surface area contributed by atoms with E-state index in [9.17, 15) is 8.42 Å². The van der Waals surface area contributed by atoms with E-state index in [1.54, 1.807) is 12.3 Å². The highest BCUT2D eigenvalue weighted by Crippen LogP contribution is 2.39. The number of aromatic amines is 1. The van der Waals surface area contributed by atoms with E-state index in [1.807, 2.05) is 25.1 Å². The average Bonchev–Trinajstić information content (AvgIpc) is 3.16. The molecule has 1 aliphatic carbocycles. The minimum atomic E-state index is -3.74. The van der Waals surface area contributed by atoms with Crippen LogP contribution in [0.25, 0.3) is 16.8 Å². The number of H-pyrrole nitrogens is 1. The maximum absolute atomic E-state index is 11.5. The Bertz CT molecular complexity index is 1110. The van der Waals surface area contributed by atoms with Crippen LogP contribution in [0.2, 0.25) is 0 Å². The van der Waals surface area contributed by atoms with Crippen LogP contribution in [0.15, 0.2) is 34.7 Å². The molecule has 8 nitrogen and oxygen atoms in total. The Morgan fingerprint density at radius 2 is 2.19 bits per heavy atom. The zero-order chi connectivity index (χ0) is 19.0. The van der Waals surface area contributed by atoms with Crippen LogP contribution in [0.5, 0.6) is 0 Å². The van der Waals surface area contributed by atoms with Crippen molar-refractivity contribution in [2.24, 2.45) is 5.14 Å². The molecule has 10 heteroatoms. The first-order chi connectivity index (χ1) is 12.9. The van der Waals surface area contributed by atoms with Gasteiger partial charge in [-0.1, -0.05) is 12.2 Å². The molecule has 0 radical (unpaired) electrons. The molecule has 0 spiro atoms. The van der Waals surface area contributed by atoms with Gasteiger partial charge in [-0.25, -0.2) is 23.5 Å². The predicted molar refractivity (Wildman–Crippen MR) is 105 cm³/mol. The number of allylic oxidation sites excluding steroid dienone is 1. The van der Waals surface area contributed by atoms with Gasteiger partial charge in [0.1, 0.15) is 10.0 Å². The number of anilines is 2. The fourth-order valence-electron chi connectivity index (χ4n) is 2.63. The molecule has 0 bridgehead atoms. The summed E-state index contributed by atoms with van der Waals surface area (Å²) in [4.78, 5) is 9.54. The van der Waals surface area contributed by atoms with Gasteiger partial charge in [0, 0.05) is 29.4 Å². The first kappa shape index (κ1) is 17.8. The molecule has 0 atom stereocenters. The second-order valence-electron chi connectivity index (χ2n) is 6.27. The van der Waals surface area contributed by atoms with Crippen molar-refractivity contribution in [3.05, 3.63) is 41.7 Å². The molecule has 0 aliphatic heterocycles. The SMILES string of the molecule is C/C=C/c1cnc(-c2ccc(S(N)(=O)=O)s2)nc1Nc1cc(C2CC2)[nH]n1. The van der Waals surface area contributed by atoms with Crippen LogP contribution in [-0.2, 0) is 10.0 Å². The minimum absolute atomic E-state index is 0.0783. The number of primary sulfonamides is 1. The van der Waals surface area contributed by atoms with Gasteiger partial charge < -0.3 is 5.32 Å². The first-order valence-electron chi connectivity index (χ1n) is 8.39. The summed E-state index contributed by atoms with van der Waals surface area (Å²) >= 11 is 1.04. The molecule has 0 saturated heterocycles. The van der Waals surface area contributed by atoms with E-state index in [1.165, 1.54) is 18.9 Å². The molecule has 140 valence electrons. The Labute approximate surface area is 160 Å². The second kappa shape index (κ2) is 6.87. The van der Waals surface area contributed by atoms with Crippen molar-refractivity contribution < 1.29 is 8.42 Å². The summed E-state index contributed by atoms with van der Waals surface area (Å²) < 4.78 is 23.1. The molecule has 0 amide bonds. The monoisotopic (exact) mass is 402 g/mol. The quantitative estimate of drug-likeness (QED) is 0.581. The molecule has 3 aromatic rings. The van der Waals surface area contributed by atoms with Crippen molar-refractivity contribution >= 4 is 39.1 Å². The highest BCUT2D eigenvalue weighted by Gasteiger charge is 2.25. The lowest BCUT2D eigenvalue weighted by molar-refractivity contribution is 0.600. The van der Waals surface area contributed by atoms with Crippen LogP contribution in [0.3, 0.4) is 0 Å². The molecule has 3 heterocycles. The van der Waals surface area contributed by atoms with Crippen LogP contribution < -0.4 is 10.5 Å². The zero-order valence-electron chi connectivity index (χ0n) is 14.5. The Hall–Kier alpha value is -2.56. The summed E-state index contributed by atoms with van der Waals surface area (Å²) in [5.41, 5.74) is 1.93. The number of sulfonamides is 1. The summed E-state index contributed by atoms with van der Waals surface area (Å²) in [6.07, 6.45) is 7.86. The number of hydrogen-bond acceptors (Lipinski definition) is 7. The van der Waals surface area contributed by atoms with Gasteiger partial charge in [-0.2, -0.15) is 5.10 Å². The van der Waals surface area contributed by atoms with E-state index >= 15 is 0 Å². The molecule has 1 saturated carbocycles. The summed E-state index contributed by atoms with van der Waals surface area (Å²) in [6.45, 7) is 1.91. The second-order valence-corrected chi connectivity index (χ2v) is 9.14. The van der Waals surface area contributed by atoms with E-state index in [4.69, 9.17) is 5.14 Å². The van der Waals surface area contributed by atoms with Gasteiger partial charge in [0.25, 0.3) is 0 Å². The molecule has 0 aromatic carbocycles. The Morgan fingerprint density at radius 1 is 1.37 bits per heavy atom. The molecule has 27 heavy (non-hydrogen) atoms. The van der Waals surface area contributed by atoms with E-state index in [2.05, 4.69) is 25.5 Å². The van der Waals surface area contributed by atoms with Crippen LogP contribution in [0.1, 0.15) is 36.9 Å². The van der Waals surface area contributed by atoms with Crippen molar-refractivity contribution in [2.45, 2.75) is 29.9 Å². The standard InChI is InChI=1S/C17H18N6O2S2/c1-2-3-11-9-19-17(13-6-7-15(26-13)27(18,24)25)21-16(11)20-14-8-12(22-23-14)10-4-5-10/h2-3,6-10H,4-5H2,1H3,(H2,18,24,25)(H2,19,20,21,22,23)/b3-2+. The molecule has 0 unspecified atom stereocenters. The minimum Gasteiger partial charge on any atom is -0.323 e. The largest absolute Gasteiger partial charge is 0.323 e. The average molecular weight is 403 g/mol. The number of nitrogens with one attached hydrogen (secondary N) is 2. The van der Waals surface area contributed by atoms with Crippen LogP contribution in [0.4, 0.5) is 11.6 Å². The fourth-order valence-corrected chi connectivity index (χ4v) is 4.30. The van der Waals surface area contributed by atoms with Crippen molar-refractivity contribution in [1.82, 2.24) is 20.2 Å². The molecule has 3 aromatic heterocycles. The number of nitrogens with two attached hydrogens (primary N) is 1. The van der Waals surface area contributed by atoms with Gasteiger partial charge >= 0.3 is 0 Å². The number of nitrogens with zero attached hydrogens (tertiary/aromatic N) is 3. The van der Waals surface area contributed by atoms with Crippen molar-refractivity contribution in [3.63, 3.8) is 0 Å². The van der Waals surface area contributed by atoms with Gasteiger partial charge in [0.15, 0.2) is 11.6 Å². The van der Waals surface area contributed by atoms with E-state index < -0.39 is 10.0 Å². The van der Waals surface area contributed by atoms with Gasteiger partial charge in [-0.3, -0.25) is 5.10 Å². The number of aromatic nitrogens is 4. The molecule has 1 aliphatic rings. The molecule has 4 N–H and O–H groups in total. The Balaban J connectivity index is 1.68. The smallest absolute Gasteiger partial charge is 0.247 e. The van der Waals surface area contributed by atoms with Gasteiger partial charge in [-0.15, -0.1) is 11.3 Å². The molecular weight excluding hydrogens is 384 g/mol. The maximum atomic E-state index is 11.5. The number of thiophene rings is 1. The topological polar surface area (TPSA) is 127 Å². The lowest BCUT2D eigenvalue weighted by Crippen LogP contribution is -2.09. The number of hydrogen-bond donors (Lipinski definition) is 3. The fraction of sp³-hybridized carbons (Fsp3) is 0.235. The highest BCUT2D eigenvalue weighted by atomic mass is 32.2. The van der Waals surface area contributed by atoms with Crippen molar-refractivity contribution in [2.75, 3.05) is 5.32 Å². The zero-order valence-corrected chi connectivity index (χ0v) is 16.1. The highest BCUT2D eigenvalue weighted by molar-refractivity contribution is 7.91. The van der Waals surface area contributed by atoms with Gasteiger partial charge in [0.2, 0.25) is 10.0 Å². The van der Waals surface area contributed by atoms with E-state index in [0.29, 0.717) is 28.3 Å². The van der Waals surface area contributed by atoms with Crippen molar-refractivity contribution in [1.29, 1.82) is 0 Å². The van der Waals surface area contributed by atoms with Crippen LogP contribution in [0, 0.1) is 0 Å². The van der Waals surface area contributed by atoms with E-state index in [-0.39, 0.29) is 4.21 Å². The molecular formula is C17H18N6O2S2. The van der Waals surface area contributed by atoms with E-state index in [0.717, 1.165) is 22.6 Å². The van der Waals surface area contributed by atoms with Gasteiger partial charge in [-0.05, 0) is 31.9 Å². The van der Waals surface area contributed by atoms with Crippen LogP contribution >= 0.6 is 11.3 Å².